The number of nitrogens with one attached hydrogen (secondary N) is 1. The van der Waals surface area contributed by atoms with E-state index in [1.54, 1.807) is 0 Å². The molecular weight excluding hydrogens is 330 g/mol. The summed E-state index contributed by atoms with van der Waals surface area (Å²) in [5, 5.41) is 3.21. The van der Waals surface area contributed by atoms with E-state index in [0.717, 1.165) is 32.5 Å². The molecule has 1 atom stereocenters. The molecule has 0 radical (unpaired) electrons. The molecule has 1 aromatic rings. The van der Waals surface area contributed by atoms with E-state index < -0.39 is 19.5 Å². The normalized spacial score (nSPS) is 30.7. The van der Waals surface area contributed by atoms with E-state index in [-0.39, 0.29) is 34.0 Å². The first-order valence-corrected chi connectivity index (χ1v) is 8.44. The molecule has 3 fully saturated rings. The first kappa shape index (κ1) is 12.6. The minimum absolute atomic E-state index is 0.00202. The highest BCUT2D eigenvalue weighted by atomic mass is 35.5. The van der Waals surface area contributed by atoms with E-state index in [1.165, 1.54) is 12.1 Å². The molecule has 2 bridgehead atoms. The predicted octanol–water partition coefficient (Wildman–Crippen LogP) is 1.52. The largest absolute Gasteiger partial charge is 0.481 e. The van der Waals surface area contributed by atoms with Crippen LogP contribution in [0, 0.1) is 5.92 Å². The molecule has 4 aliphatic rings. The molecule has 0 saturated carbocycles. The number of piperidine rings is 3. The van der Waals surface area contributed by atoms with Crippen molar-refractivity contribution in [3.8, 4) is 5.75 Å². The Morgan fingerprint density at radius 2 is 2.21 bits per heavy atom. The number of nitrogens with zero attached hydrogens (tertiary/aromatic N) is 2. The van der Waals surface area contributed by atoms with Crippen molar-refractivity contribution < 1.29 is 18.4 Å². The fourth-order valence-electron chi connectivity index (χ4n) is 3.77. The number of hydrogen-bond acceptors (Lipinski definition) is 4. The zero-order valence-electron chi connectivity index (χ0n) is 16.0. The second kappa shape index (κ2) is 5.93. The van der Waals surface area contributed by atoms with Crippen LogP contribution in [0.5, 0.6) is 5.75 Å². The Kier molecular flexibility index (Phi) is 3.10. The molecule has 3 saturated heterocycles. The highest BCUT2D eigenvalue weighted by molar-refractivity contribution is 6.31. The van der Waals surface area contributed by atoms with Gasteiger partial charge in [0.15, 0.2) is 12.4 Å². The third kappa shape index (κ3) is 2.63. The molecule has 2 amide bonds. The molecule has 7 heteroatoms. The number of fused-ring (bicyclic) bond motifs is 4. The maximum atomic E-state index is 12.9. The van der Waals surface area contributed by atoms with Crippen molar-refractivity contribution in [2.75, 3.05) is 38.1 Å². The first-order chi connectivity index (χ1) is 12.7. The summed E-state index contributed by atoms with van der Waals surface area (Å²) in [6, 6.07) is 2.83. The van der Waals surface area contributed by atoms with E-state index in [9.17, 15) is 9.59 Å². The van der Waals surface area contributed by atoms with E-state index >= 15 is 0 Å². The Hall–Kier alpha value is -1.79. The molecule has 6 nitrogen and oxygen atoms in total. The molecular formula is C17H20ClN3O3. The van der Waals surface area contributed by atoms with E-state index in [2.05, 4.69) is 10.2 Å². The van der Waals surface area contributed by atoms with Crippen LogP contribution in [0.4, 0.5) is 5.69 Å². The average Bonchev–Trinajstić information content (AvgIpc) is 2.60. The lowest BCUT2D eigenvalue weighted by atomic mass is 9.84. The Morgan fingerprint density at radius 1 is 1.42 bits per heavy atom. The van der Waals surface area contributed by atoms with E-state index in [4.69, 9.17) is 20.5 Å². The highest BCUT2D eigenvalue weighted by Gasteiger charge is 2.36. The number of anilines is 1. The molecule has 5 rings (SSSR count). The summed E-state index contributed by atoms with van der Waals surface area (Å²) in [6.45, 7) is -0.207. The summed E-state index contributed by atoms with van der Waals surface area (Å²) in [5.74, 6) is -0.551. The predicted molar refractivity (Wildman–Crippen MR) is 90.8 cm³/mol. The summed E-state index contributed by atoms with van der Waals surface area (Å²) in [4.78, 5) is 28.0. The number of rotatable bonds is 2. The van der Waals surface area contributed by atoms with Crippen LogP contribution in [0.25, 0.3) is 0 Å². The van der Waals surface area contributed by atoms with Crippen LogP contribution < -0.4 is 15.0 Å². The van der Waals surface area contributed by atoms with Gasteiger partial charge in [-0.1, -0.05) is 11.6 Å². The van der Waals surface area contributed by atoms with Gasteiger partial charge in [-0.3, -0.25) is 9.59 Å². The fourth-order valence-corrected chi connectivity index (χ4v) is 3.99. The van der Waals surface area contributed by atoms with Gasteiger partial charge in [0.1, 0.15) is 0 Å². The molecule has 4 aliphatic heterocycles. The zero-order chi connectivity index (χ0) is 19.3. The summed E-state index contributed by atoms with van der Waals surface area (Å²) in [6.07, 6.45) is 2.10. The third-order valence-electron chi connectivity index (χ3n) is 5.08. The summed E-state index contributed by atoms with van der Waals surface area (Å²) < 4.78 is 28.3. The zero-order valence-corrected chi connectivity index (χ0v) is 13.8. The fraction of sp³-hybridized carbons (Fsp3) is 0.529. The number of benzene rings is 1. The lowest BCUT2D eigenvalue weighted by Gasteiger charge is -2.45. The average molecular weight is 353 g/mol. The van der Waals surface area contributed by atoms with Crippen molar-refractivity contribution in [1.29, 1.82) is 0 Å². The highest BCUT2D eigenvalue weighted by Crippen LogP contribution is 2.38. The van der Waals surface area contributed by atoms with Gasteiger partial charge in [0.05, 0.1) is 11.3 Å². The van der Waals surface area contributed by atoms with Gasteiger partial charge in [-0.25, -0.2) is 0 Å². The monoisotopic (exact) mass is 352 g/mol. The van der Waals surface area contributed by atoms with Gasteiger partial charge in [-0.2, -0.15) is 0 Å². The van der Waals surface area contributed by atoms with Gasteiger partial charge in [0, 0.05) is 28.7 Å². The van der Waals surface area contributed by atoms with Crippen LogP contribution in [-0.2, 0) is 4.79 Å². The maximum absolute atomic E-state index is 12.9. The molecule has 128 valence electrons. The summed E-state index contributed by atoms with van der Waals surface area (Å²) in [5.41, 5.74) is 0.147. The van der Waals surface area contributed by atoms with Crippen LogP contribution in [0.3, 0.4) is 0 Å². The van der Waals surface area contributed by atoms with Crippen LogP contribution in [0.1, 0.15) is 27.3 Å². The van der Waals surface area contributed by atoms with Gasteiger partial charge < -0.3 is 19.9 Å². The topological polar surface area (TPSA) is 61.9 Å². The van der Waals surface area contributed by atoms with Gasteiger partial charge in [0.25, 0.3) is 11.8 Å². The molecule has 0 aliphatic carbocycles. The summed E-state index contributed by atoms with van der Waals surface area (Å²) in [7, 11) is 0. The maximum Gasteiger partial charge on any atom is 0.264 e. The van der Waals surface area contributed by atoms with Crippen LogP contribution in [0.15, 0.2) is 12.1 Å². The Balaban J connectivity index is 1.66. The number of carbonyl (C=O) groups is 2. The van der Waals surface area contributed by atoms with Crippen molar-refractivity contribution in [1.82, 2.24) is 10.2 Å². The molecule has 1 N–H and O–H groups in total. The van der Waals surface area contributed by atoms with Crippen molar-refractivity contribution >= 4 is 29.1 Å². The molecule has 0 spiro atoms. The van der Waals surface area contributed by atoms with Gasteiger partial charge in [0.2, 0.25) is 0 Å². The number of amides is 2. The number of hydrogen-bond donors (Lipinski definition) is 1. The number of likely N-dealkylation sites (N-methyl/N-ethyl adjacent to an activating group) is 1. The van der Waals surface area contributed by atoms with Crippen LogP contribution in [-0.4, -0.2) is 56.0 Å². The lowest BCUT2D eigenvalue weighted by molar-refractivity contribution is -0.121. The van der Waals surface area contributed by atoms with Crippen LogP contribution in [0.2, 0.25) is 5.02 Å². The number of carbonyl (C=O) groups excluding carboxylic acids is 2. The minimum Gasteiger partial charge on any atom is -0.481 e. The van der Waals surface area contributed by atoms with Gasteiger partial charge >= 0.3 is 0 Å². The molecule has 1 aromatic carbocycles. The summed E-state index contributed by atoms with van der Waals surface area (Å²) >= 11 is 6.13. The van der Waals surface area contributed by atoms with E-state index in [0.29, 0.717) is 10.8 Å². The molecule has 4 heterocycles. The Labute approximate surface area is 149 Å². The minimum atomic E-state index is -2.69. The standard InChI is InChI=1S/C17H20ClN3O3/c1-20-14-7-11(18)6-12(16(14)24-9-15(20)22)17(23)19-13-8-21-4-2-10(13)3-5-21/h6-7,10,13H,2-5,8-9H2,1H3,(H,19,23)/i1D3. The van der Waals surface area contributed by atoms with Crippen molar-refractivity contribution in [3.63, 3.8) is 0 Å². The second-order valence-electron chi connectivity index (χ2n) is 6.54. The van der Waals surface area contributed by atoms with Crippen molar-refractivity contribution in [3.05, 3.63) is 22.7 Å². The molecule has 1 unspecified atom stereocenters. The van der Waals surface area contributed by atoms with Gasteiger partial charge in [-0.05, 0) is 44.0 Å². The smallest absolute Gasteiger partial charge is 0.264 e. The Bertz CT molecular complexity index is 794. The first-order valence-electron chi connectivity index (χ1n) is 9.56. The SMILES string of the molecule is [2H]C([2H])([2H])N1C(=O)COc2c(C(=O)NC3CN4CCC3CC4)cc(Cl)cc21. The van der Waals surface area contributed by atoms with Crippen molar-refractivity contribution in [2.45, 2.75) is 18.9 Å². The Morgan fingerprint density at radius 3 is 2.88 bits per heavy atom. The number of ether oxygens (including phenoxy) is 1. The molecule has 0 aromatic heterocycles. The van der Waals surface area contributed by atoms with Gasteiger partial charge in [-0.15, -0.1) is 0 Å². The van der Waals surface area contributed by atoms with Crippen LogP contribution >= 0.6 is 11.6 Å². The van der Waals surface area contributed by atoms with Crippen molar-refractivity contribution in [2.24, 2.45) is 5.92 Å². The lowest BCUT2D eigenvalue weighted by Crippen LogP contribution is -2.57. The third-order valence-corrected chi connectivity index (χ3v) is 5.30. The van der Waals surface area contributed by atoms with E-state index in [1.807, 2.05) is 0 Å². The second-order valence-corrected chi connectivity index (χ2v) is 6.97. The number of halogens is 1. The molecule has 24 heavy (non-hydrogen) atoms. The quantitative estimate of drug-likeness (QED) is 0.876.